The third kappa shape index (κ3) is 3.04. The van der Waals surface area contributed by atoms with Gasteiger partial charge in [-0.3, -0.25) is 9.78 Å². The Morgan fingerprint density at radius 1 is 1.32 bits per heavy atom. The Labute approximate surface area is 126 Å². The fourth-order valence-corrected chi connectivity index (χ4v) is 1.88. The Kier molecular flexibility index (Phi) is 3.97. The second-order valence-electron chi connectivity index (χ2n) is 4.51. The fourth-order valence-electron chi connectivity index (χ4n) is 1.88. The van der Waals surface area contributed by atoms with Gasteiger partial charge in [-0.15, -0.1) is 0 Å². The normalized spacial score (nSPS) is 12.6. The number of aromatic nitrogens is 1. The van der Waals surface area contributed by atoms with E-state index in [4.69, 9.17) is 14.6 Å². The predicted molar refractivity (Wildman–Crippen MR) is 77.8 cm³/mol. The zero-order valence-corrected chi connectivity index (χ0v) is 11.5. The number of rotatable bonds is 4. The van der Waals surface area contributed by atoms with Crippen molar-refractivity contribution in [2.24, 2.45) is 5.10 Å². The van der Waals surface area contributed by atoms with Crippen LogP contribution in [0.4, 0.5) is 0 Å². The summed E-state index contributed by atoms with van der Waals surface area (Å²) < 4.78 is 10.5. The van der Waals surface area contributed by atoms with Crippen LogP contribution in [0.5, 0.6) is 11.5 Å². The molecule has 1 amide bonds. The Balaban J connectivity index is 1.62. The molecule has 112 valence electrons. The Hall–Kier alpha value is -2.93. The van der Waals surface area contributed by atoms with Gasteiger partial charge in [0.1, 0.15) is 0 Å². The molecule has 2 heterocycles. The molecule has 0 bridgehead atoms. The van der Waals surface area contributed by atoms with Gasteiger partial charge in [0.2, 0.25) is 6.79 Å². The van der Waals surface area contributed by atoms with E-state index in [-0.39, 0.29) is 19.3 Å². The number of hydrazone groups is 1. The zero-order chi connectivity index (χ0) is 15.4. The molecule has 1 aromatic heterocycles. The molecular weight excluding hydrogens is 286 g/mol. The molecule has 22 heavy (non-hydrogen) atoms. The number of aliphatic hydroxyl groups excluding tert-OH is 1. The monoisotopic (exact) mass is 299 g/mol. The maximum atomic E-state index is 11.8. The van der Waals surface area contributed by atoms with Gasteiger partial charge in [0.05, 0.1) is 24.1 Å². The van der Waals surface area contributed by atoms with E-state index in [1.807, 2.05) is 0 Å². The topological polar surface area (TPSA) is 93.0 Å². The summed E-state index contributed by atoms with van der Waals surface area (Å²) in [5.74, 6) is 0.962. The predicted octanol–water partition coefficient (Wildman–Crippen LogP) is 1.07. The van der Waals surface area contributed by atoms with Crippen molar-refractivity contribution < 1.29 is 19.4 Å². The highest BCUT2D eigenvalue weighted by molar-refractivity contribution is 5.94. The van der Waals surface area contributed by atoms with Crippen LogP contribution < -0.4 is 14.9 Å². The van der Waals surface area contributed by atoms with Crippen molar-refractivity contribution in [1.82, 2.24) is 10.4 Å². The summed E-state index contributed by atoms with van der Waals surface area (Å²) in [6.07, 6.45) is 2.90. The number of hydrogen-bond acceptors (Lipinski definition) is 6. The molecule has 0 aliphatic carbocycles. The van der Waals surface area contributed by atoms with Crippen molar-refractivity contribution in [3.63, 3.8) is 0 Å². The van der Waals surface area contributed by atoms with Crippen LogP contribution in [0, 0.1) is 0 Å². The van der Waals surface area contributed by atoms with Crippen LogP contribution in [0.15, 0.2) is 41.6 Å². The third-order valence-electron chi connectivity index (χ3n) is 3.03. The molecule has 2 aromatic rings. The third-order valence-corrected chi connectivity index (χ3v) is 3.03. The summed E-state index contributed by atoms with van der Waals surface area (Å²) in [6.45, 7) is 0.0493. The number of carbonyl (C=O) groups excluding carboxylic acids is 1. The maximum Gasteiger partial charge on any atom is 0.272 e. The lowest BCUT2D eigenvalue weighted by atomic mass is 10.2. The number of carbonyl (C=O) groups is 1. The highest BCUT2D eigenvalue weighted by atomic mass is 16.7. The number of nitrogens with zero attached hydrogens (tertiary/aromatic N) is 2. The summed E-state index contributed by atoms with van der Waals surface area (Å²) >= 11 is 0. The van der Waals surface area contributed by atoms with E-state index >= 15 is 0 Å². The lowest BCUT2D eigenvalue weighted by Gasteiger charge is -2.01. The van der Waals surface area contributed by atoms with Gasteiger partial charge in [0.15, 0.2) is 11.5 Å². The molecule has 0 fully saturated rings. The van der Waals surface area contributed by atoms with E-state index < -0.39 is 0 Å². The summed E-state index contributed by atoms with van der Waals surface area (Å²) in [5, 5.41) is 12.8. The maximum absolute atomic E-state index is 11.8. The Morgan fingerprint density at radius 3 is 2.95 bits per heavy atom. The van der Waals surface area contributed by atoms with E-state index in [1.165, 1.54) is 12.4 Å². The molecule has 7 heteroatoms. The van der Waals surface area contributed by atoms with Gasteiger partial charge in [-0.2, -0.15) is 5.10 Å². The van der Waals surface area contributed by atoms with Crippen LogP contribution in [0.2, 0.25) is 0 Å². The van der Waals surface area contributed by atoms with Gasteiger partial charge < -0.3 is 14.6 Å². The fraction of sp³-hybridized carbons (Fsp3) is 0.133. The summed E-state index contributed by atoms with van der Waals surface area (Å²) in [7, 11) is 0. The summed E-state index contributed by atoms with van der Waals surface area (Å²) in [4.78, 5) is 15.8. The molecule has 0 saturated heterocycles. The highest BCUT2D eigenvalue weighted by Gasteiger charge is 2.12. The van der Waals surface area contributed by atoms with Crippen molar-refractivity contribution >= 4 is 12.1 Å². The lowest BCUT2D eigenvalue weighted by Crippen LogP contribution is -2.17. The number of nitrogens with one attached hydrogen (secondary N) is 1. The minimum absolute atomic E-state index is 0.163. The molecule has 1 aliphatic rings. The number of pyridine rings is 1. The van der Waals surface area contributed by atoms with Gasteiger partial charge in [-0.1, -0.05) is 0 Å². The Morgan fingerprint density at radius 2 is 2.18 bits per heavy atom. The molecule has 0 unspecified atom stereocenters. The smallest absolute Gasteiger partial charge is 0.272 e. The second-order valence-corrected chi connectivity index (χ2v) is 4.51. The molecule has 1 aliphatic heterocycles. The van der Waals surface area contributed by atoms with Gasteiger partial charge in [-0.05, 0) is 35.9 Å². The van der Waals surface area contributed by atoms with Crippen LogP contribution in [0.25, 0.3) is 0 Å². The van der Waals surface area contributed by atoms with Crippen LogP contribution in [-0.4, -0.2) is 29.0 Å². The van der Waals surface area contributed by atoms with E-state index in [1.54, 1.807) is 30.3 Å². The van der Waals surface area contributed by atoms with Gasteiger partial charge in [0, 0.05) is 6.20 Å². The first kappa shape index (κ1) is 14.0. The molecule has 0 radical (unpaired) electrons. The van der Waals surface area contributed by atoms with Crippen molar-refractivity contribution in [1.29, 1.82) is 0 Å². The van der Waals surface area contributed by atoms with E-state index in [0.717, 1.165) is 5.56 Å². The standard InChI is InChI=1S/C15H13N3O4/c19-8-12-3-2-11(7-16-12)15(20)18-17-6-10-1-4-13-14(5-10)22-9-21-13/h1-7,19H,8-9H2,(H,18,20). The minimum Gasteiger partial charge on any atom is -0.454 e. The van der Waals surface area contributed by atoms with E-state index in [0.29, 0.717) is 22.8 Å². The number of amides is 1. The van der Waals surface area contributed by atoms with Crippen LogP contribution in [0.1, 0.15) is 21.6 Å². The van der Waals surface area contributed by atoms with Crippen molar-refractivity contribution in [2.75, 3.05) is 6.79 Å². The number of ether oxygens (including phenoxy) is 2. The zero-order valence-electron chi connectivity index (χ0n) is 11.5. The molecule has 1 aromatic carbocycles. The largest absolute Gasteiger partial charge is 0.454 e. The summed E-state index contributed by atoms with van der Waals surface area (Å²) in [5.41, 5.74) is 4.05. The van der Waals surface area contributed by atoms with Gasteiger partial charge in [0.25, 0.3) is 5.91 Å². The Bertz CT molecular complexity index is 713. The first-order valence-corrected chi connectivity index (χ1v) is 6.55. The molecule has 7 nitrogen and oxygen atoms in total. The number of aliphatic hydroxyl groups is 1. The number of benzene rings is 1. The minimum atomic E-state index is -0.381. The summed E-state index contributed by atoms with van der Waals surface area (Å²) in [6, 6.07) is 8.51. The van der Waals surface area contributed by atoms with Crippen molar-refractivity contribution in [2.45, 2.75) is 6.61 Å². The SMILES string of the molecule is O=C(NN=Cc1ccc2c(c1)OCO2)c1ccc(CO)nc1. The van der Waals surface area contributed by atoms with Crippen LogP contribution in [0.3, 0.4) is 0 Å². The van der Waals surface area contributed by atoms with Crippen LogP contribution >= 0.6 is 0 Å². The van der Waals surface area contributed by atoms with Crippen molar-refractivity contribution in [3.05, 3.63) is 53.3 Å². The first-order chi connectivity index (χ1) is 10.8. The molecule has 0 saturated carbocycles. The highest BCUT2D eigenvalue weighted by Crippen LogP contribution is 2.31. The van der Waals surface area contributed by atoms with E-state index in [2.05, 4.69) is 15.5 Å². The van der Waals surface area contributed by atoms with Crippen LogP contribution in [-0.2, 0) is 6.61 Å². The average Bonchev–Trinajstić information content (AvgIpc) is 3.02. The number of fused-ring (bicyclic) bond motifs is 1. The average molecular weight is 299 g/mol. The number of hydrogen-bond donors (Lipinski definition) is 2. The van der Waals surface area contributed by atoms with E-state index in [9.17, 15) is 4.79 Å². The molecule has 2 N–H and O–H groups in total. The van der Waals surface area contributed by atoms with Gasteiger partial charge in [-0.25, -0.2) is 5.43 Å². The molecular formula is C15H13N3O4. The molecule has 0 atom stereocenters. The van der Waals surface area contributed by atoms with Gasteiger partial charge >= 0.3 is 0 Å². The lowest BCUT2D eigenvalue weighted by molar-refractivity contribution is 0.0954. The molecule has 3 rings (SSSR count). The quantitative estimate of drug-likeness (QED) is 0.650. The second kappa shape index (κ2) is 6.23. The van der Waals surface area contributed by atoms with Crippen molar-refractivity contribution in [3.8, 4) is 11.5 Å². The first-order valence-electron chi connectivity index (χ1n) is 6.55. The molecule has 0 spiro atoms.